The molecule has 0 radical (unpaired) electrons. The van der Waals surface area contributed by atoms with Crippen LogP contribution in [0, 0.1) is 0 Å². The number of para-hydroxylation sites is 1. The van der Waals surface area contributed by atoms with E-state index < -0.39 is 0 Å². The number of nitrogens with zero attached hydrogens (tertiary/aromatic N) is 1. The molecule has 0 fully saturated rings. The molecular formula is C18H12Cl3N3O. The lowest BCUT2D eigenvalue weighted by Crippen LogP contribution is -2.11. The van der Waals surface area contributed by atoms with Crippen molar-refractivity contribution in [3.8, 4) is 0 Å². The third kappa shape index (κ3) is 4.42. The van der Waals surface area contributed by atoms with Gasteiger partial charge in [-0.05, 0) is 48.5 Å². The number of hydrogen-bond acceptors (Lipinski definition) is 3. The number of nitrogens with one attached hydrogen (secondary N) is 2. The Morgan fingerprint density at radius 1 is 0.880 bits per heavy atom. The highest BCUT2D eigenvalue weighted by molar-refractivity contribution is 6.39. The smallest absolute Gasteiger partial charge is 0.255 e. The van der Waals surface area contributed by atoms with E-state index in [1.54, 1.807) is 60.8 Å². The Balaban J connectivity index is 1.70. The molecule has 1 heterocycles. The normalized spacial score (nSPS) is 10.4. The predicted octanol–water partition coefficient (Wildman–Crippen LogP) is 6.04. The van der Waals surface area contributed by atoms with Gasteiger partial charge < -0.3 is 10.6 Å². The van der Waals surface area contributed by atoms with Crippen molar-refractivity contribution < 1.29 is 4.79 Å². The molecule has 0 aliphatic rings. The van der Waals surface area contributed by atoms with Gasteiger partial charge >= 0.3 is 0 Å². The first kappa shape index (κ1) is 17.5. The Kier molecular flexibility index (Phi) is 5.43. The van der Waals surface area contributed by atoms with Crippen molar-refractivity contribution in [2.75, 3.05) is 10.6 Å². The number of benzene rings is 2. The lowest BCUT2D eigenvalue weighted by molar-refractivity contribution is 0.102. The van der Waals surface area contributed by atoms with Crippen molar-refractivity contribution in [2.45, 2.75) is 0 Å². The molecule has 2 N–H and O–H groups in total. The van der Waals surface area contributed by atoms with Gasteiger partial charge in [0, 0.05) is 10.6 Å². The Labute approximate surface area is 159 Å². The number of hydrogen-bond donors (Lipinski definition) is 2. The van der Waals surface area contributed by atoms with E-state index in [-0.39, 0.29) is 5.91 Å². The Morgan fingerprint density at radius 3 is 2.16 bits per heavy atom. The van der Waals surface area contributed by atoms with E-state index in [4.69, 9.17) is 34.8 Å². The van der Waals surface area contributed by atoms with Gasteiger partial charge in [-0.15, -0.1) is 0 Å². The monoisotopic (exact) mass is 391 g/mol. The van der Waals surface area contributed by atoms with Crippen LogP contribution in [0.15, 0.2) is 60.8 Å². The Hall–Kier alpha value is -2.27. The van der Waals surface area contributed by atoms with Gasteiger partial charge in [-0.25, -0.2) is 4.98 Å². The average molecular weight is 393 g/mol. The minimum Gasteiger partial charge on any atom is -0.338 e. The molecule has 0 saturated heterocycles. The number of aromatic nitrogens is 1. The summed E-state index contributed by atoms with van der Waals surface area (Å²) in [5.41, 5.74) is 1.65. The lowest BCUT2D eigenvalue weighted by Gasteiger charge is -2.10. The minimum atomic E-state index is -0.242. The quantitative estimate of drug-likeness (QED) is 0.569. The molecule has 4 nitrogen and oxygen atoms in total. The van der Waals surface area contributed by atoms with Gasteiger partial charge in [0.2, 0.25) is 0 Å². The number of rotatable bonds is 4. The zero-order chi connectivity index (χ0) is 17.8. The number of carbonyl (C=O) groups excluding carboxylic acids is 1. The molecule has 126 valence electrons. The fourth-order valence-electron chi connectivity index (χ4n) is 2.09. The van der Waals surface area contributed by atoms with E-state index in [1.165, 1.54) is 0 Å². The fraction of sp³-hybridized carbons (Fsp3) is 0. The van der Waals surface area contributed by atoms with Gasteiger partial charge in [-0.3, -0.25) is 4.79 Å². The summed E-state index contributed by atoms with van der Waals surface area (Å²) in [6.07, 6.45) is 1.54. The Bertz CT molecular complexity index is 876. The molecule has 0 unspecified atom stereocenters. The molecule has 1 amide bonds. The SMILES string of the molecule is O=C(Nc1ccc(Nc2c(Cl)cccc2Cl)nc1)c1ccc(Cl)cc1. The summed E-state index contributed by atoms with van der Waals surface area (Å²) >= 11 is 18.0. The van der Waals surface area contributed by atoms with Crippen LogP contribution in [0.25, 0.3) is 0 Å². The third-order valence-corrected chi connectivity index (χ3v) is 4.23. The highest BCUT2D eigenvalue weighted by Gasteiger charge is 2.08. The minimum absolute atomic E-state index is 0.242. The number of carbonyl (C=O) groups is 1. The molecule has 1 aromatic heterocycles. The molecule has 0 bridgehead atoms. The molecule has 25 heavy (non-hydrogen) atoms. The highest BCUT2D eigenvalue weighted by atomic mass is 35.5. The van der Waals surface area contributed by atoms with Crippen LogP contribution < -0.4 is 10.6 Å². The van der Waals surface area contributed by atoms with Gasteiger partial charge in [0.05, 0.1) is 27.6 Å². The van der Waals surface area contributed by atoms with Crippen LogP contribution in [0.4, 0.5) is 17.2 Å². The van der Waals surface area contributed by atoms with Crippen LogP contribution >= 0.6 is 34.8 Å². The first-order valence-electron chi connectivity index (χ1n) is 7.27. The van der Waals surface area contributed by atoms with Gasteiger partial charge in [-0.2, -0.15) is 0 Å². The second-order valence-electron chi connectivity index (χ2n) is 5.11. The van der Waals surface area contributed by atoms with Gasteiger partial charge in [-0.1, -0.05) is 40.9 Å². The van der Waals surface area contributed by atoms with E-state index in [1.807, 2.05) is 0 Å². The van der Waals surface area contributed by atoms with E-state index in [9.17, 15) is 4.79 Å². The molecule has 7 heteroatoms. The summed E-state index contributed by atoms with van der Waals surface area (Å²) in [5, 5.41) is 7.39. The van der Waals surface area contributed by atoms with E-state index >= 15 is 0 Å². The van der Waals surface area contributed by atoms with Crippen molar-refractivity contribution in [2.24, 2.45) is 0 Å². The fourth-order valence-corrected chi connectivity index (χ4v) is 2.71. The zero-order valence-electron chi connectivity index (χ0n) is 12.8. The highest BCUT2D eigenvalue weighted by Crippen LogP contribution is 2.32. The van der Waals surface area contributed by atoms with Crippen LogP contribution in [-0.2, 0) is 0 Å². The van der Waals surface area contributed by atoms with Crippen LogP contribution in [0.3, 0.4) is 0 Å². The van der Waals surface area contributed by atoms with Crippen LogP contribution in [0.2, 0.25) is 15.1 Å². The van der Waals surface area contributed by atoms with E-state index in [0.717, 1.165) is 0 Å². The van der Waals surface area contributed by atoms with Crippen molar-refractivity contribution in [1.82, 2.24) is 4.98 Å². The first-order chi connectivity index (χ1) is 12.0. The Morgan fingerprint density at radius 2 is 1.56 bits per heavy atom. The number of amides is 1. The summed E-state index contributed by atoms with van der Waals surface area (Å²) in [6, 6.07) is 15.3. The first-order valence-corrected chi connectivity index (χ1v) is 8.40. The van der Waals surface area contributed by atoms with Gasteiger partial charge in [0.1, 0.15) is 5.82 Å². The largest absolute Gasteiger partial charge is 0.338 e. The summed E-state index contributed by atoms with van der Waals surface area (Å²) in [4.78, 5) is 16.4. The maximum absolute atomic E-state index is 12.2. The van der Waals surface area contributed by atoms with E-state index in [0.29, 0.717) is 37.8 Å². The molecule has 0 saturated carbocycles. The summed E-state index contributed by atoms with van der Waals surface area (Å²) in [7, 11) is 0. The van der Waals surface area contributed by atoms with Crippen LogP contribution in [-0.4, -0.2) is 10.9 Å². The molecule has 2 aromatic carbocycles. The third-order valence-electron chi connectivity index (χ3n) is 3.34. The molecular weight excluding hydrogens is 381 g/mol. The average Bonchev–Trinajstić information content (AvgIpc) is 2.60. The number of anilines is 3. The molecule has 0 atom stereocenters. The standard InChI is InChI=1S/C18H12Cl3N3O/c19-12-6-4-11(5-7-12)18(25)23-13-8-9-16(22-10-13)24-17-14(20)2-1-3-15(17)21/h1-10H,(H,22,24)(H,23,25). The van der Waals surface area contributed by atoms with Gasteiger partial charge in [0.15, 0.2) is 0 Å². The number of halogens is 3. The van der Waals surface area contributed by atoms with Crippen LogP contribution in [0.5, 0.6) is 0 Å². The van der Waals surface area contributed by atoms with Crippen molar-refractivity contribution >= 4 is 57.9 Å². The van der Waals surface area contributed by atoms with Crippen molar-refractivity contribution in [1.29, 1.82) is 0 Å². The predicted molar refractivity (Wildman–Crippen MR) is 103 cm³/mol. The zero-order valence-corrected chi connectivity index (χ0v) is 15.0. The van der Waals surface area contributed by atoms with Gasteiger partial charge in [0.25, 0.3) is 5.91 Å². The molecule has 0 aliphatic carbocycles. The molecule has 3 aromatic rings. The summed E-state index contributed by atoms with van der Waals surface area (Å²) < 4.78 is 0. The maximum atomic E-state index is 12.2. The maximum Gasteiger partial charge on any atom is 0.255 e. The second kappa shape index (κ2) is 7.74. The van der Waals surface area contributed by atoms with Crippen LogP contribution in [0.1, 0.15) is 10.4 Å². The van der Waals surface area contributed by atoms with Crippen molar-refractivity contribution in [3.63, 3.8) is 0 Å². The molecule has 0 aliphatic heterocycles. The number of pyridine rings is 1. The molecule has 3 rings (SSSR count). The summed E-state index contributed by atoms with van der Waals surface area (Å²) in [6.45, 7) is 0. The summed E-state index contributed by atoms with van der Waals surface area (Å²) in [5.74, 6) is 0.313. The second-order valence-corrected chi connectivity index (χ2v) is 6.37. The molecule has 0 spiro atoms. The van der Waals surface area contributed by atoms with E-state index in [2.05, 4.69) is 15.6 Å². The topological polar surface area (TPSA) is 54.0 Å². The lowest BCUT2D eigenvalue weighted by atomic mass is 10.2. The van der Waals surface area contributed by atoms with Crippen molar-refractivity contribution in [3.05, 3.63) is 81.4 Å².